The van der Waals surface area contributed by atoms with E-state index in [0.29, 0.717) is 56.4 Å². The van der Waals surface area contributed by atoms with Crippen LogP contribution in [0.25, 0.3) is 0 Å². The molecule has 1 N–H and O–H groups in total. The third kappa shape index (κ3) is 4.50. The maximum Gasteiger partial charge on any atom is 0.325 e. The van der Waals surface area contributed by atoms with Crippen molar-refractivity contribution >= 4 is 17.8 Å². The molecule has 0 saturated carbocycles. The number of hydrogen-bond donors (Lipinski definition) is 1. The van der Waals surface area contributed by atoms with Gasteiger partial charge < -0.3 is 19.9 Å². The van der Waals surface area contributed by atoms with Crippen molar-refractivity contribution in [1.82, 2.24) is 25.0 Å². The lowest BCUT2D eigenvalue weighted by Gasteiger charge is -2.41. The second kappa shape index (κ2) is 10.3. The van der Waals surface area contributed by atoms with Gasteiger partial charge >= 0.3 is 6.03 Å². The zero-order valence-electron chi connectivity index (χ0n) is 20.6. The molecule has 0 radical (unpaired) electrons. The van der Waals surface area contributed by atoms with Crippen LogP contribution in [0.15, 0.2) is 18.3 Å². The molecule has 34 heavy (non-hydrogen) atoms. The van der Waals surface area contributed by atoms with E-state index in [1.54, 1.807) is 23.2 Å². The van der Waals surface area contributed by atoms with Crippen molar-refractivity contribution in [1.29, 1.82) is 0 Å². The summed E-state index contributed by atoms with van der Waals surface area (Å²) in [4.78, 5) is 49.4. The smallest absolute Gasteiger partial charge is 0.325 e. The SMILES string of the molecule is CCCC1(C2CCN(C(=O)c3cccnc3OC)CC2)NC(=O)N(CCC2CCCN2C)C1=O. The lowest BCUT2D eigenvalue weighted by Crippen LogP contribution is -2.56. The van der Waals surface area contributed by atoms with Crippen molar-refractivity contribution in [3.8, 4) is 5.88 Å². The van der Waals surface area contributed by atoms with E-state index in [1.165, 1.54) is 18.4 Å². The zero-order valence-corrected chi connectivity index (χ0v) is 20.6. The van der Waals surface area contributed by atoms with Crippen molar-refractivity contribution in [3.63, 3.8) is 0 Å². The van der Waals surface area contributed by atoms with E-state index in [0.717, 1.165) is 25.8 Å². The minimum atomic E-state index is -0.867. The summed E-state index contributed by atoms with van der Waals surface area (Å²) in [5.74, 6) is 0.123. The number of methoxy groups -OCH3 is 1. The topological polar surface area (TPSA) is 95.1 Å². The number of nitrogens with one attached hydrogen (secondary N) is 1. The molecule has 3 saturated heterocycles. The number of ether oxygens (including phenoxy) is 1. The average molecular weight is 472 g/mol. The van der Waals surface area contributed by atoms with Gasteiger partial charge in [-0.05, 0) is 70.2 Å². The first-order chi connectivity index (χ1) is 16.4. The fourth-order valence-corrected chi connectivity index (χ4v) is 5.98. The van der Waals surface area contributed by atoms with Gasteiger partial charge in [0.2, 0.25) is 5.88 Å². The molecule has 0 bridgehead atoms. The quantitative estimate of drug-likeness (QED) is 0.586. The lowest BCUT2D eigenvalue weighted by atomic mass is 9.74. The molecular weight excluding hydrogens is 434 g/mol. The third-order valence-corrected chi connectivity index (χ3v) is 7.88. The Balaban J connectivity index is 1.43. The van der Waals surface area contributed by atoms with Gasteiger partial charge in [0.15, 0.2) is 0 Å². The summed E-state index contributed by atoms with van der Waals surface area (Å²) in [7, 11) is 3.62. The highest BCUT2D eigenvalue weighted by Gasteiger charge is 2.55. The molecule has 1 aromatic rings. The molecule has 1 aromatic heterocycles. The molecule has 3 aliphatic heterocycles. The van der Waals surface area contributed by atoms with Crippen LogP contribution in [0.1, 0.15) is 62.2 Å². The first-order valence-corrected chi connectivity index (χ1v) is 12.5. The Morgan fingerprint density at radius 1 is 1.24 bits per heavy atom. The van der Waals surface area contributed by atoms with Crippen LogP contribution in [-0.4, -0.2) is 89.4 Å². The minimum absolute atomic E-state index is 0.00268. The largest absolute Gasteiger partial charge is 0.480 e. The molecule has 186 valence electrons. The normalized spacial score (nSPS) is 26.3. The van der Waals surface area contributed by atoms with Crippen LogP contribution in [0.3, 0.4) is 0 Å². The predicted octanol–water partition coefficient (Wildman–Crippen LogP) is 2.52. The number of imide groups is 1. The fourth-order valence-electron chi connectivity index (χ4n) is 5.98. The van der Waals surface area contributed by atoms with Gasteiger partial charge in [-0.3, -0.25) is 14.5 Å². The summed E-state index contributed by atoms with van der Waals surface area (Å²) in [5.41, 5.74) is -0.422. The summed E-state index contributed by atoms with van der Waals surface area (Å²) in [5, 5.41) is 3.11. The van der Waals surface area contributed by atoms with Crippen LogP contribution in [-0.2, 0) is 4.79 Å². The second-order valence-electron chi connectivity index (χ2n) is 9.80. The molecular formula is C25H37N5O4. The Bertz CT molecular complexity index is 916. The number of pyridine rings is 1. The van der Waals surface area contributed by atoms with E-state index in [1.807, 2.05) is 6.92 Å². The predicted molar refractivity (Wildman–Crippen MR) is 128 cm³/mol. The Morgan fingerprint density at radius 3 is 2.65 bits per heavy atom. The maximum atomic E-state index is 13.7. The number of rotatable bonds is 8. The number of likely N-dealkylation sites (tertiary alicyclic amines) is 2. The van der Waals surface area contributed by atoms with Gasteiger partial charge in [0.1, 0.15) is 11.1 Å². The van der Waals surface area contributed by atoms with Crippen molar-refractivity contribution in [2.24, 2.45) is 5.92 Å². The van der Waals surface area contributed by atoms with Gasteiger partial charge in [0.05, 0.1) is 7.11 Å². The number of amides is 4. The van der Waals surface area contributed by atoms with Crippen molar-refractivity contribution in [2.45, 2.75) is 63.5 Å². The van der Waals surface area contributed by atoms with Gasteiger partial charge in [-0.15, -0.1) is 0 Å². The molecule has 0 spiro atoms. The number of piperidine rings is 1. The van der Waals surface area contributed by atoms with E-state index in [2.05, 4.69) is 22.2 Å². The fraction of sp³-hybridized carbons (Fsp3) is 0.680. The number of aromatic nitrogens is 1. The van der Waals surface area contributed by atoms with E-state index in [-0.39, 0.29) is 23.8 Å². The Hall–Kier alpha value is -2.68. The van der Waals surface area contributed by atoms with Crippen LogP contribution in [0, 0.1) is 5.92 Å². The summed E-state index contributed by atoms with van der Waals surface area (Å²) < 4.78 is 5.25. The lowest BCUT2D eigenvalue weighted by molar-refractivity contribution is -0.134. The molecule has 9 heteroatoms. The molecule has 3 fully saturated rings. The highest BCUT2D eigenvalue weighted by molar-refractivity contribution is 6.07. The average Bonchev–Trinajstić information content (AvgIpc) is 3.37. The molecule has 2 atom stereocenters. The third-order valence-electron chi connectivity index (χ3n) is 7.88. The standard InChI is InChI=1S/C25H37N5O4/c1-4-12-25(23(32)30(24(33)27-25)17-11-19-7-6-14-28(19)2)18-9-15-29(16-10-18)22(31)20-8-5-13-26-21(20)34-3/h5,8,13,18-19H,4,6-7,9-12,14-17H2,1-3H3,(H,27,33). The van der Waals surface area contributed by atoms with Gasteiger partial charge in [0, 0.05) is 31.9 Å². The molecule has 9 nitrogen and oxygen atoms in total. The van der Waals surface area contributed by atoms with Crippen molar-refractivity contribution in [3.05, 3.63) is 23.9 Å². The van der Waals surface area contributed by atoms with Gasteiger partial charge in [0.25, 0.3) is 11.8 Å². The summed E-state index contributed by atoms with van der Waals surface area (Å²) in [6.07, 6.45) is 7.46. The molecule has 0 aliphatic carbocycles. The van der Waals surface area contributed by atoms with E-state index in [4.69, 9.17) is 4.74 Å². The summed E-state index contributed by atoms with van der Waals surface area (Å²) in [6, 6.07) is 3.61. The monoisotopic (exact) mass is 471 g/mol. The van der Waals surface area contributed by atoms with Crippen LogP contribution in [0.5, 0.6) is 5.88 Å². The minimum Gasteiger partial charge on any atom is -0.480 e. The molecule has 4 rings (SSSR count). The van der Waals surface area contributed by atoms with Crippen LogP contribution in [0.4, 0.5) is 4.79 Å². The molecule has 3 aliphatic rings. The second-order valence-corrected chi connectivity index (χ2v) is 9.80. The summed E-state index contributed by atoms with van der Waals surface area (Å²) in [6.45, 7) is 4.65. The van der Waals surface area contributed by atoms with E-state index < -0.39 is 5.54 Å². The van der Waals surface area contributed by atoms with E-state index >= 15 is 0 Å². The highest BCUT2D eigenvalue weighted by Crippen LogP contribution is 2.38. The number of nitrogens with zero attached hydrogens (tertiary/aromatic N) is 4. The van der Waals surface area contributed by atoms with Crippen molar-refractivity contribution < 1.29 is 19.1 Å². The van der Waals surface area contributed by atoms with E-state index in [9.17, 15) is 14.4 Å². The zero-order chi connectivity index (χ0) is 24.3. The highest BCUT2D eigenvalue weighted by atomic mass is 16.5. The number of urea groups is 1. The van der Waals surface area contributed by atoms with Gasteiger partial charge in [-0.2, -0.15) is 0 Å². The molecule has 2 unspecified atom stereocenters. The Labute approximate surface area is 201 Å². The Morgan fingerprint density at radius 2 is 2.00 bits per heavy atom. The number of hydrogen-bond acceptors (Lipinski definition) is 6. The van der Waals surface area contributed by atoms with Gasteiger partial charge in [-0.1, -0.05) is 13.3 Å². The molecule has 0 aromatic carbocycles. The van der Waals surface area contributed by atoms with Crippen LogP contribution < -0.4 is 10.1 Å². The number of carbonyl (C=O) groups is 3. The first-order valence-electron chi connectivity index (χ1n) is 12.5. The number of carbonyl (C=O) groups excluding carboxylic acids is 3. The van der Waals surface area contributed by atoms with Gasteiger partial charge in [-0.25, -0.2) is 9.78 Å². The first kappa shape index (κ1) is 24.4. The van der Waals surface area contributed by atoms with Crippen LogP contribution in [0.2, 0.25) is 0 Å². The molecule has 4 amide bonds. The van der Waals surface area contributed by atoms with Crippen molar-refractivity contribution in [2.75, 3.05) is 40.3 Å². The molecule has 4 heterocycles. The Kier molecular flexibility index (Phi) is 7.40. The van der Waals surface area contributed by atoms with Crippen LogP contribution >= 0.6 is 0 Å². The maximum absolute atomic E-state index is 13.7. The summed E-state index contributed by atoms with van der Waals surface area (Å²) >= 11 is 0.